The van der Waals surface area contributed by atoms with Crippen LogP contribution >= 0.6 is 0 Å². The van der Waals surface area contributed by atoms with Crippen LogP contribution in [0.15, 0.2) is 12.3 Å². The highest BCUT2D eigenvalue weighted by Crippen LogP contribution is 2.30. The number of aryl methyl sites for hydroxylation is 2. The lowest BCUT2D eigenvalue weighted by Gasteiger charge is -2.22. The van der Waals surface area contributed by atoms with Crippen molar-refractivity contribution in [3.8, 4) is 5.82 Å². The van der Waals surface area contributed by atoms with Crippen LogP contribution in [0, 0.1) is 13.8 Å². The van der Waals surface area contributed by atoms with Crippen LogP contribution in [-0.2, 0) is 6.42 Å². The molecule has 5 heteroatoms. The van der Waals surface area contributed by atoms with Gasteiger partial charge in [-0.25, -0.2) is 14.6 Å². The highest BCUT2D eigenvalue weighted by Gasteiger charge is 2.23. The molecule has 0 saturated carbocycles. The van der Waals surface area contributed by atoms with Gasteiger partial charge in [0.2, 0.25) is 0 Å². The molecule has 0 radical (unpaired) electrons. The quantitative estimate of drug-likeness (QED) is 0.892. The van der Waals surface area contributed by atoms with Crippen LogP contribution in [0.2, 0.25) is 0 Å². The molecule has 100 valence electrons. The molecule has 3 rings (SSSR count). The molecule has 0 spiro atoms. The first kappa shape index (κ1) is 12.3. The number of fused-ring (bicyclic) bond motifs is 1. The molecule has 5 nitrogen and oxygen atoms in total. The smallest absolute Gasteiger partial charge is 0.157 e. The molecule has 2 aromatic heterocycles. The molecule has 1 aliphatic carbocycles. The Morgan fingerprint density at radius 1 is 1.32 bits per heavy atom. The zero-order valence-electron chi connectivity index (χ0n) is 11.6. The number of nitrogens with one attached hydrogen (secondary N) is 1. The fourth-order valence-electron chi connectivity index (χ4n) is 2.86. The summed E-state index contributed by atoms with van der Waals surface area (Å²) in [4.78, 5) is 8.83. The Kier molecular flexibility index (Phi) is 3.06. The maximum absolute atomic E-state index is 4.53. The van der Waals surface area contributed by atoms with Crippen molar-refractivity contribution in [2.24, 2.45) is 0 Å². The molecule has 2 heterocycles. The van der Waals surface area contributed by atoms with Gasteiger partial charge in [0.15, 0.2) is 5.82 Å². The van der Waals surface area contributed by atoms with Gasteiger partial charge >= 0.3 is 0 Å². The van der Waals surface area contributed by atoms with Crippen molar-refractivity contribution in [3.05, 3.63) is 35.0 Å². The second-order valence-corrected chi connectivity index (χ2v) is 5.11. The molecule has 0 aliphatic heterocycles. The molecule has 1 aliphatic rings. The van der Waals surface area contributed by atoms with Gasteiger partial charge in [-0.2, -0.15) is 5.10 Å². The van der Waals surface area contributed by atoms with Crippen LogP contribution in [0.5, 0.6) is 0 Å². The zero-order valence-corrected chi connectivity index (χ0v) is 11.6. The Morgan fingerprint density at radius 2 is 2.16 bits per heavy atom. The summed E-state index contributed by atoms with van der Waals surface area (Å²) in [5.41, 5.74) is 3.57. The Morgan fingerprint density at radius 3 is 2.89 bits per heavy atom. The minimum atomic E-state index is 0.418. The van der Waals surface area contributed by atoms with Gasteiger partial charge in [-0.05, 0) is 40.2 Å². The van der Waals surface area contributed by atoms with Crippen molar-refractivity contribution >= 4 is 0 Å². The van der Waals surface area contributed by atoms with Crippen molar-refractivity contribution in [1.29, 1.82) is 0 Å². The van der Waals surface area contributed by atoms with E-state index in [1.165, 1.54) is 24.1 Å². The lowest BCUT2D eigenvalue weighted by atomic mass is 9.93. The Bertz CT molecular complexity index is 582. The Hall–Kier alpha value is -1.75. The lowest BCUT2D eigenvalue weighted by Crippen LogP contribution is -2.22. The fourth-order valence-corrected chi connectivity index (χ4v) is 2.86. The Labute approximate surface area is 113 Å². The number of aromatic nitrogens is 4. The van der Waals surface area contributed by atoms with E-state index < -0.39 is 0 Å². The van der Waals surface area contributed by atoms with Crippen LogP contribution in [0.1, 0.15) is 41.7 Å². The van der Waals surface area contributed by atoms with E-state index in [0.29, 0.717) is 6.04 Å². The van der Waals surface area contributed by atoms with Crippen molar-refractivity contribution in [3.63, 3.8) is 0 Å². The van der Waals surface area contributed by atoms with Crippen LogP contribution in [0.4, 0.5) is 0 Å². The topological polar surface area (TPSA) is 55.6 Å². The van der Waals surface area contributed by atoms with Crippen LogP contribution < -0.4 is 5.32 Å². The molecule has 1 N–H and O–H groups in total. The molecule has 0 saturated heterocycles. The summed E-state index contributed by atoms with van der Waals surface area (Å²) in [5.74, 6) is 1.67. The molecule has 19 heavy (non-hydrogen) atoms. The number of rotatable bonds is 2. The molecule has 0 aromatic carbocycles. The molecule has 1 unspecified atom stereocenters. The molecule has 0 bridgehead atoms. The minimum absolute atomic E-state index is 0.418. The van der Waals surface area contributed by atoms with Crippen molar-refractivity contribution < 1.29 is 0 Å². The summed E-state index contributed by atoms with van der Waals surface area (Å²) in [6.07, 6.45) is 5.41. The van der Waals surface area contributed by atoms with Gasteiger partial charge < -0.3 is 5.32 Å². The minimum Gasteiger partial charge on any atom is -0.313 e. The first-order valence-electron chi connectivity index (χ1n) is 6.76. The highest BCUT2D eigenvalue weighted by molar-refractivity contribution is 5.33. The second-order valence-electron chi connectivity index (χ2n) is 5.11. The van der Waals surface area contributed by atoms with E-state index in [9.17, 15) is 0 Å². The molecule has 2 aromatic rings. The highest BCUT2D eigenvalue weighted by atomic mass is 15.3. The van der Waals surface area contributed by atoms with Crippen molar-refractivity contribution in [2.75, 3.05) is 7.05 Å². The third kappa shape index (κ3) is 2.14. The van der Waals surface area contributed by atoms with E-state index in [4.69, 9.17) is 0 Å². The van der Waals surface area contributed by atoms with Gasteiger partial charge in [-0.15, -0.1) is 0 Å². The van der Waals surface area contributed by atoms with Gasteiger partial charge in [0, 0.05) is 23.4 Å². The maximum Gasteiger partial charge on any atom is 0.157 e. The van der Waals surface area contributed by atoms with Gasteiger partial charge in [0.1, 0.15) is 5.82 Å². The first-order valence-corrected chi connectivity index (χ1v) is 6.76. The van der Waals surface area contributed by atoms with Gasteiger partial charge in [-0.3, -0.25) is 0 Å². The summed E-state index contributed by atoms with van der Waals surface area (Å²) < 4.78 is 1.97. The Balaban J connectivity index is 2.09. The van der Waals surface area contributed by atoms with Crippen molar-refractivity contribution in [2.45, 2.75) is 39.2 Å². The number of nitrogens with zero attached hydrogens (tertiary/aromatic N) is 4. The second kappa shape index (κ2) is 4.74. The average molecular weight is 257 g/mol. The van der Waals surface area contributed by atoms with E-state index >= 15 is 0 Å². The fraction of sp³-hybridized carbons (Fsp3) is 0.500. The van der Waals surface area contributed by atoms with E-state index in [-0.39, 0.29) is 0 Å². The van der Waals surface area contributed by atoms with Crippen LogP contribution in [0.25, 0.3) is 5.82 Å². The monoisotopic (exact) mass is 257 g/mol. The summed E-state index contributed by atoms with van der Waals surface area (Å²) in [6.45, 7) is 3.91. The van der Waals surface area contributed by atoms with E-state index in [2.05, 4.69) is 20.4 Å². The average Bonchev–Trinajstić information content (AvgIpc) is 2.81. The SMILES string of the molecule is CNC1CCCc2c1cnn2-c1cc(C)nc(C)n1. The molecule has 0 amide bonds. The molecule has 1 atom stereocenters. The molecule has 0 fully saturated rings. The standard InChI is InChI=1S/C14H19N5/c1-9-7-14(18-10(2)17-9)19-13-6-4-5-12(15-3)11(13)8-16-19/h7-8,12,15H,4-6H2,1-3H3. The van der Waals surface area contributed by atoms with Gasteiger partial charge in [0.05, 0.1) is 11.9 Å². The van der Waals surface area contributed by atoms with E-state index in [1.807, 2.05) is 37.8 Å². The predicted molar refractivity (Wildman–Crippen MR) is 73.4 cm³/mol. The third-order valence-electron chi connectivity index (χ3n) is 3.70. The zero-order chi connectivity index (χ0) is 13.4. The predicted octanol–water partition coefficient (Wildman–Crippen LogP) is 1.88. The summed E-state index contributed by atoms with van der Waals surface area (Å²) in [5, 5.41) is 7.90. The van der Waals surface area contributed by atoms with Crippen molar-refractivity contribution in [1.82, 2.24) is 25.1 Å². The summed E-state index contributed by atoms with van der Waals surface area (Å²) >= 11 is 0. The van der Waals surface area contributed by atoms with Gasteiger partial charge in [-0.1, -0.05) is 0 Å². The normalized spacial score (nSPS) is 18.4. The maximum atomic E-state index is 4.53. The van der Waals surface area contributed by atoms with Gasteiger partial charge in [0.25, 0.3) is 0 Å². The van der Waals surface area contributed by atoms with E-state index in [1.54, 1.807) is 0 Å². The van der Waals surface area contributed by atoms with E-state index in [0.717, 1.165) is 23.8 Å². The first-order chi connectivity index (χ1) is 9.19. The van der Waals surface area contributed by atoms with Crippen LogP contribution in [0.3, 0.4) is 0 Å². The number of hydrogen-bond acceptors (Lipinski definition) is 4. The van der Waals surface area contributed by atoms with Crippen LogP contribution in [-0.4, -0.2) is 26.8 Å². The third-order valence-corrected chi connectivity index (χ3v) is 3.70. The summed E-state index contributed by atoms with van der Waals surface area (Å²) in [6, 6.07) is 2.41. The molecular formula is C14H19N5. The number of hydrogen-bond donors (Lipinski definition) is 1. The largest absolute Gasteiger partial charge is 0.313 e. The summed E-state index contributed by atoms with van der Waals surface area (Å²) in [7, 11) is 2.01. The molecular weight excluding hydrogens is 238 g/mol. The lowest BCUT2D eigenvalue weighted by molar-refractivity contribution is 0.489.